The van der Waals surface area contributed by atoms with E-state index in [1.54, 1.807) is 12.3 Å². The van der Waals surface area contributed by atoms with E-state index in [1.165, 1.54) is 0 Å². The van der Waals surface area contributed by atoms with E-state index >= 15 is 0 Å². The largest absolute Gasteiger partial charge is 0.352 e. The van der Waals surface area contributed by atoms with Gasteiger partial charge in [-0.3, -0.25) is 0 Å². The van der Waals surface area contributed by atoms with Gasteiger partial charge in [0, 0.05) is 12.7 Å². The van der Waals surface area contributed by atoms with Crippen LogP contribution in [0.3, 0.4) is 0 Å². The molecule has 2 heterocycles. The van der Waals surface area contributed by atoms with Crippen LogP contribution in [0.15, 0.2) is 42.1 Å². The number of carbonyl (C=O) groups excluding carboxylic acids is 1. The van der Waals surface area contributed by atoms with Gasteiger partial charge in [0.2, 0.25) is 0 Å². The molecule has 0 spiro atoms. The maximum absolute atomic E-state index is 11.3. The van der Waals surface area contributed by atoms with Crippen molar-refractivity contribution in [1.29, 1.82) is 0 Å². The lowest BCUT2D eigenvalue weighted by molar-refractivity contribution is 0.245. The number of halogens is 2. The highest BCUT2D eigenvalue weighted by atomic mass is 35.5. The highest BCUT2D eigenvalue weighted by Gasteiger charge is 2.40. The first-order chi connectivity index (χ1) is 11.0. The monoisotopic (exact) mass is 352 g/mol. The summed E-state index contributed by atoms with van der Waals surface area (Å²) in [5.74, 6) is 0.416. The third-order valence-corrected chi connectivity index (χ3v) is 5.10. The molecule has 5 nitrogen and oxygen atoms in total. The smallest absolute Gasteiger partial charge is 0.312 e. The van der Waals surface area contributed by atoms with Gasteiger partial charge < -0.3 is 16.4 Å². The summed E-state index contributed by atoms with van der Waals surface area (Å²) in [6.07, 6.45) is 8.60. The first-order valence-electron chi connectivity index (χ1n) is 7.47. The number of nitrogens with two attached hydrogens (primary N) is 1. The molecule has 3 atom stereocenters. The van der Waals surface area contributed by atoms with Gasteiger partial charge in [-0.15, -0.1) is 11.6 Å². The first-order valence-corrected chi connectivity index (χ1v) is 8.23. The predicted molar refractivity (Wildman–Crippen MR) is 91.5 cm³/mol. The molecule has 0 saturated carbocycles. The zero-order valence-electron chi connectivity index (χ0n) is 12.4. The van der Waals surface area contributed by atoms with Crippen molar-refractivity contribution in [2.24, 2.45) is 11.7 Å². The highest BCUT2D eigenvalue weighted by molar-refractivity contribution is 6.29. The van der Waals surface area contributed by atoms with Crippen LogP contribution >= 0.6 is 23.2 Å². The van der Waals surface area contributed by atoms with Crippen molar-refractivity contribution in [2.75, 3.05) is 13.1 Å². The normalized spacial score (nSPS) is 30.1. The third-order valence-electron chi connectivity index (χ3n) is 4.31. The van der Waals surface area contributed by atoms with E-state index in [-0.39, 0.29) is 0 Å². The van der Waals surface area contributed by atoms with Gasteiger partial charge in [-0.2, -0.15) is 0 Å². The van der Waals surface area contributed by atoms with Gasteiger partial charge in [-0.25, -0.2) is 9.78 Å². The Balaban J connectivity index is 1.99. The molecule has 0 radical (unpaired) electrons. The van der Waals surface area contributed by atoms with Crippen molar-refractivity contribution >= 4 is 29.2 Å². The summed E-state index contributed by atoms with van der Waals surface area (Å²) in [5.41, 5.74) is 7.21. The van der Waals surface area contributed by atoms with E-state index in [2.05, 4.69) is 15.6 Å². The fourth-order valence-corrected chi connectivity index (χ4v) is 3.57. The number of amides is 2. The van der Waals surface area contributed by atoms with Crippen LogP contribution in [0.5, 0.6) is 0 Å². The Morgan fingerprint density at radius 1 is 1.48 bits per heavy atom. The second kappa shape index (κ2) is 6.51. The van der Waals surface area contributed by atoms with Crippen molar-refractivity contribution in [3.63, 3.8) is 0 Å². The summed E-state index contributed by atoms with van der Waals surface area (Å²) in [7, 11) is 0. The summed E-state index contributed by atoms with van der Waals surface area (Å²) in [4.78, 5) is 14.5. The maximum atomic E-state index is 11.3. The number of hydrogen-bond donors (Lipinski definition) is 3. The first kappa shape index (κ1) is 16.3. The van der Waals surface area contributed by atoms with Gasteiger partial charge >= 0.3 is 6.03 Å². The van der Waals surface area contributed by atoms with Gasteiger partial charge in [0.25, 0.3) is 0 Å². The van der Waals surface area contributed by atoms with Crippen LogP contribution in [-0.2, 0) is 4.87 Å². The number of nitrogens with zero attached hydrogens (tertiary/aromatic N) is 1. The molecule has 3 rings (SSSR count). The fraction of sp³-hybridized carbons (Fsp3) is 0.375. The van der Waals surface area contributed by atoms with Crippen molar-refractivity contribution in [3.8, 4) is 0 Å². The molecule has 3 unspecified atom stereocenters. The molecule has 0 aromatic carbocycles. The van der Waals surface area contributed by atoms with Crippen molar-refractivity contribution in [1.82, 2.24) is 15.6 Å². The number of alkyl halides is 1. The molecule has 1 aromatic heterocycles. The fourth-order valence-electron chi connectivity index (χ4n) is 3.09. The van der Waals surface area contributed by atoms with Crippen molar-refractivity contribution in [2.45, 2.75) is 17.3 Å². The molecule has 7 heteroatoms. The summed E-state index contributed by atoms with van der Waals surface area (Å²) < 4.78 is 0. The Hall–Kier alpha value is -1.56. The van der Waals surface area contributed by atoms with Crippen LogP contribution in [0.25, 0.3) is 0 Å². The molecule has 0 bridgehead atoms. The van der Waals surface area contributed by atoms with Crippen LogP contribution in [-0.4, -0.2) is 30.1 Å². The molecule has 2 aliphatic rings. The Morgan fingerprint density at radius 3 is 2.91 bits per heavy atom. The molecule has 1 fully saturated rings. The summed E-state index contributed by atoms with van der Waals surface area (Å²) in [5, 5.41) is 6.44. The van der Waals surface area contributed by atoms with Crippen LogP contribution in [0.1, 0.15) is 12.0 Å². The number of primary amides is 1. The Morgan fingerprint density at radius 2 is 2.30 bits per heavy atom. The average Bonchev–Trinajstić information content (AvgIpc) is 3.04. The van der Waals surface area contributed by atoms with Crippen LogP contribution in [0.4, 0.5) is 4.79 Å². The molecule has 1 aromatic rings. The average molecular weight is 353 g/mol. The van der Waals surface area contributed by atoms with Crippen molar-refractivity contribution in [3.05, 3.63) is 52.8 Å². The number of rotatable bonds is 3. The number of allylic oxidation sites excluding steroid dienone is 1. The van der Waals surface area contributed by atoms with Gasteiger partial charge in [0.15, 0.2) is 0 Å². The minimum atomic E-state index is -0.945. The van der Waals surface area contributed by atoms with Crippen LogP contribution < -0.4 is 16.4 Å². The molecule has 1 saturated heterocycles. The van der Waals surface area contributed by atoms with Gasteiger partial charge in [0.1, 0.15) is 10.0 Å². The zero-order chi connectivity index (χ0) is 16.4. The quantitative estimate of drug-likeness (QED) is 0.576. The van der Waals surface area contributed by atoms with E-state index in [1.807, 2.05) is 24.3 Å². The summed E-state index contributed by atoms with van der Waals surface area (Å²) in [6, 6.07) is 2.43. The van der Waals surface area contributed by atoms with Crippen molar-refractivity contribution < 1.29 is 4.79 Å². The standard InChI is InChI=1S/C16H18Cl2N4O/c17-14-4-2-12(9-21-14)16(18)7-10(11-5-6-20-8-11)1-3-13(16)22-15(19)23/h1-4,7,9,11,13,20H,5-6,8H2,(H3,19,22,23). The van der Waals surface area contributed by atoms with E-state index in [0.29, 0.717) is 11.1 Å². The Kier molecular flexibility index (Phi) is 4.62. The van der Waals surface area contributed by atoms with E-state index in [4.69, 9.17) is 28.9 Å². The molecule has 1 aliphatic carbocycles. The third kappa shape index (κ3) is 3.37. The molecular formula is C16H18Cl2N4O. The highest BCUT2D eigenvalue weighted by Crippen LogP contribution is 2.41. The Bertz CT molecular complexity index is 653. The minimum Gasteiger partial charge on any atom is -0.352 e. The number of pyridine rings is 1. The number of hydrogen-bond acceptors (Lipinski definition) is 3. The summed E-state index contributed by atoms with van der Waals surface area (Å²) in [6.45, 7) is 1.92. The SMILES string of the molecule is NC(=O)NC1C=CC(C2CCNC2)=CC1(Cl)c1ccc(Cl)nc1. The van der Waals surface area contributed by atoms with E-state index in [0.717, 1.165) is 30.6 Å². The summed E-state index contributed by atoms with van der Waals surface area (Å²) >= 11 is 12.8. The second-order valence-electron chi connectivity index (χ2n) is 5.82. The second-order valence-corrected chi connectivity index (χ2v) is 6.83. The molecule has 23 heavy (non-hydrogen) atoms. The van der Waals surface area contributed by atoms with E-state index in [9.17, 15) is 4.79 Å². The molecular weight excluding hydrogens is 335 g/mol. The zero-order valence-corrected chi connectivity index (χ0v) is 13.9. The Labute approximate surface area is 144 Å². The van der Waals surface area contributed by atoms with Gasteiger partial charge in [0.05, 0.1) is 6.04 Å². The topological polar surface area (TPSA) is 80.0 Å². The molecule has 122 valence electrons. The van der Waals surface area contributed by atoms with Crippen LogP contribution in [0, 0.1) is 5.92 Å². The number of urea groups is 1. The lowest BCUT2D eigenvalue weighted by Crippen LogP contribution is -2.49. The number of carbonyl (C=O) groups is 1. The molecule has 4 N–H and O–H groups in total. The number of nitrogens with one attached hydrogen (secondary N) is 2. The molecule has 1 aliphatic heterocycles. The predicted octanol–water partition coefficient (Wildman–Crippen LogP) is 2.31. The lowest BCUT2D eigenvalue weighted by Gasteiger charge is -2.35. The van der Waals surface area contributed by atoms with Gasteiger partial charge in [-0.1, -0.05) is 35.9 Å². The van der Waals surface area contributed by atoms with Gasteiger partial charge in [-0.05, 0) is 36.1 Å². The van der Waals surface area contributed by atoms with E-state index < -0.39 is 16.9 Å². The minimum absolute atomic E-state index is 0.393. The molecule has 2 amide bonds. The van der Waals surface area contributed by atoms with Crippen LogP contribution in [0.2, 0.25) is 5.15 Å². The number of aromatic nitrogens is 1. The lowest BCUT2D eigenvalue weighted by atomic mass is 9.81. The maximum Gasteiger partial charge on any atom is 0.312 e.